The number of halogens is 1. The van der Waals surface area contributed by atoms with Crippen LogP contribution in [0.1, 0.15) is 29.8 Å². The van der Waals surface area contributed by atoms with Crippen molar-refractivity contribution in [2.75, 3.05) is 6.54 Å². The van der Waals surface area contributed by atoms with Crippen molar-refractivity contribution in [3.8, 4) is 0 Å². The number of likely N-dealkylation sites (N-methyl/N-ethyl adjacent to an activating group) is 1. The van der Waals surface area contributed by atoms with E-state index in [1.165, 1.54) is 0 Å². The van der Waals surface area contributed by atoms with Gasteiger partial charge in [0.1, 0.15) is 0 Å². The summed E-state index contributed by atoms with van der Waals surface area (Å²) in [7, 11) is 0. The molecule has 1 atom stereocenters. The van der Waals surface area contributed by atoms with E-state index in [-0.39, 0.29) is 11.8 Å². The molecule has 1 aromatic heterocycles. The van der Waals surface area contributed by atoms with E-state index < -0.39 is 0 Å². The van der Waals surface area contributed by atoms with Gasteiger partial charge in [-0.05, 0) is 43.3 Å². The molecule has 0 aliphatic carbocycles. The molecule has 0 saturated carbocycles. The van der Waals surface area contributed by atoms with Crippen molar-refractivity contribution in [2.24, 2.45) is 0 Å². The average Bonchev–Trinajstić information content (AvgIpc) is 2.52. The molecule has 110 valence electrons. The minimum absolute atomic E-state index is 0.0911. The second kappa shape index (κ2) is 7.34. The zero-order chi connectivity index (χ0) is 15.2. The summed E-state index contributed by atoms with van der Waals surface area (Å²) in [6.07, 6.45) is 3.54. The number of benzene rings is 1. The molecule has 0 saturated heterocycles. The summed E-state index contributed by atoms with van der Waals surface area (Å²) in [6, 6.07) is 10.9. The van der Waals surface area contributed by atoms with Gasteiger partial charge in [-0.25, -0.2) is 0 Å². The molecule has 2 rings (SSSR count). The van der Waals surface area contributed by atoms with E-state index in [2.05, 4.69) is 16.8 Å². The van der Waals surface area contributed by atoms with E-state index in [0.717, 1.165) is 18.7 Å². The van der Waals surface area contributed by atoms with Gasteiger partial charge in [0.25, 0.3) is 0 Å². The van der Waals surface area contributed by atoms with Crippen LogP contribution in [0.3, 0.4) is 0 Å². The number of hydrogen-bond acceptors (Lipinski definition) is 3. The minimum atomic E-state index is -0.193. The van der Waals surface area contributed by atoms with E-state index in [1.54, 1.807) is 30.6 Å². The summed E-state index contributed by atoms with van der Waals surface area (Å²) in [6.45, 7) is 5.53. The van der Waals surface area contributed by atoms with E-state index in [1.807, 2.05) is 25.1 Å². The predicted molar refractivity (Wildman–Crippen MR) is 85.6 cm³/mol. The summed E-state index contributed by atoms with van der Waals surface area (Å²) in [4.78, 5) is 18.7. The van der Waals surface area contributed by atoms with E-state index in [9.17, 15) is 4.79 Å². The van der Waals surface area contributed by atoms with Crippen LogP contribution in [0, 0.1) is 0 Å². The zero-order valence-electron chi connectivity index (χ0n) is 12.3. The van der Waals surface area contributed by atoms with Gasteiger partial charge in [0, 0.05) is 29.5 Å². The molecular weight excluding hydrogens is 284 g/mol. The van der Waals surface area contributed by atoms with E-state index >= 15 is 0 Å². The van der Waals surface area contributed by atoms with Gasteiger partial charge in [0.15, 0.2) is 5.78 Å². The smallest absolute Gasteiger partial charge is 0.179 e. The molecule has 1 aromatic carbocycles. The first-order chi connectivity index (χ1) is 10.1. The van der Waals surface area contributed by atoms with E-state index in [4.69, 9.17) is 11.6 Å². The van der Waals surface area contributed by atoms with Gasteiger partial charge in [0.2, 0.25) is 0 Å². The quantitative estimate of drug-likeness (QED) is 0.760. The first kappa shape index (κ1) is 15.7. The number of ketones is 1. The molecule has 0 spiro atoms. The summed E-state index contributed by atoms with van der Waals surface area (Å²) < 4.78 is 0. The standard InChI is InChI=1S/C17H19ClN2O/c1-3-20(12-14-7-9-19-10-8-14)13(2)17(21)15-5-4-6-16(18)11-15/h4-11,13H,3,12H2,1-2H3. The highest BCUT2D eigenvalue weighted by atomic mass is 35.5. The van der Waals surface area contributed by atoms with Gasteiger partial charge >= 0.3 is 0 Å². The fourth-order valence-corrected chi connectivity index (χ4v) is 2.48. The van der Waals surface area contributed by atoms with Crippen LogP contribution in [0.2, 0.25) is 5.02 Å². The predicted octanol–water partition coefficient (Wildman–Crippen LogP) is 3.83. The van der Waals surface area contributed by atoms with Crippen LogP contribution in [0.15, 0.2) is 48.8 Å². The Bertz CT molecular complexity index is 601. The molecule has 0 amide bonds. The second-order valence-corrected chi connectivity index (χ2v) is 5.41. The Morgan fingerprint density at radius 1 is 1.29 bits per heavy atom. The topological polar surface area (TPSA) is 33.2 Å². The van der Waals surface area contributed by atoms with Gasteiger partial charge in [0.05, 0.1) is 6.04 Å². The Morgan fingerprint density at radius 3 is 2.62 bits per heavy atom. The maximum Gasteiger partial charge on any atom is 0.179 e. The van der Waals surface area contributed by atoms with Crippen LogP contribution in [0.4, 0.5) is 0 Å². The fraction of sp³-hybridized carbons (Fsp3) is 0.294. The third-order valence-corrected chi connectivity index (χ3v) is 3.81. The van der Waals surface area contributed by atoms with Gasteiger partial charge in [-0.3, -0.25) is 14.7 Å². The van der Waals surface area contributed by atoms with Crippen LogP contribution >= 0.6 is 11.6 Å². The Morgan fingerprint density at radius 2 is 2.00 bits per heavy atom. The molecule has 21 heavy (non-hydrogen) atoms. The fourth-order valence-electron chi connectivity index (χ4n) is 2.29. The maximum absolute atomic E-state index is 12.6. The van der Waals surface area contributed by atoms with Crippen molar-refractivity contribution in [3.05, 3.63) is 64.9 Å². The number of nitrogens with zero attached hydrogens (tertiary/aromatic N) is 2. The lowest BCUT2D eigenvalue weighted by molar-refractivity contribution is 0.0835. The molecule has 0 aliphatic heterocycles. The van der Waals surface area contributed by atoms with Crippen molar-refractivity contribution in [1.82, 2.24) is 9.88 Å². The number of hydrogen-bond donors (Lipinski definition) is 0. The first-order valence-electron chi connectivity index (χ1n) is 7.04. The van der Waals surface area contributed by atoms with Crippen LogP contribution in [-0.2, 0) is 6.54 Å². The molecule has 0 radical (unpaired) electrons. The zero-order valence-corrected chi connectivity index (χ0v) is 13.0. The number of Topliss-reactive ketones (excluding diaryl/α,β-unsaturated/α-hetero) is 1. The van der Waals surface area contributed by atoms with Crippen molar-refractivity contribution in [1.29, 1.82) is 0 Å². The number of rotatable bonds is 6. The van der Waals surface area contributed by atoms with Gasteiger partial charge < -0.3 is 0 Å². The van der Waals surface area contributed by atoms with Crippen molar-refractivity contribution in [3.63, 3.8) is 0 Å². The van der Waals surface area contributed by atoms with Crippen molar-refractivity contribution in [2.45, 2.75) is 26.4 Å². The SMILES string of the molecule is CCN(Cc1ccncc1)C(C)C(=O)c1cccc(Cl)c1. The van der Waals surface area contributed by atoms with Crippen molar-refractivity contribution >= 4 is 17.4 Å². The van der Waals surface area contributed by atoms with E-state index in [0.29, 0.717) is 10.6 Å². The molecule has 0 fully saturated rings. The van der Waals surface area contributed by atoms with Gasteiger partial charge in [-0.2, -0.15) is 0 Å². The molecule has 4 heteroatoms. The molecule has 0 N–H and O–H groups in total. The summed E-state index contributed by atoms with van der Waals surface area (Å²) >= 11 is 5.96. The molecular formula is C17H19ClN2O. The lowest BCUT2D eigenvalue weighted by atomic mass is 10.0. The van der Waals surface area contributed by atoms with Gasteiger partial charge in [-0.15, -0.1) is 0 Å². The van der Waals surface area contributed by atoms with Crippen molar-refractivity contribution < 1.29 is 4.79 Å². The Balaban J connectivity index is 2.12. The normalized spacial score (nSPS) is 12.4. The molecule has 1 unspecified atom stereocenters. The summed E-state index contributed by atoms with van der Waals surface area (Å²) in [5.74, 6) is 0.0911. The third-order valence-electron chi connectivity index (χ3n) is 3.58. The third kappa shape index (κ3) is 4.13. The number of pyridine rings is 1. The van der Waals surface area contributed by atoms with Gasteiger partial charge in [-0.1, -0.05) is 30.7 Å². The molecule has 2 aromatic rings. The maximum atomic E-state index is 12.6. The second-order valence-electron chi connectivity index (χ2n) is 4.97. The number of carbonyl (C=O) groups is 1. The largest absolute Gasteiger partial charge is 0.292 e. The average molecular weight is 303 g/mol. The minimum Gasteiger partial charge on any atom is -0.292 e. The Hall–Kier alpha value is -1.71. The highest BCUT2D eigenvalue weighted by Gasteiger charge is 2.21. The highest BCUT2D eigenvalue weighted by Crippen LogP contribution is 2.16. The van der Waals surface area contributed by atoms with Crippen LogP contribution < -0.4 is 0 Å². The summed E-state index contributed by atoms with van der Waals surface area (Å²) in [5.41, 5.74) is 1.81. The monoisotopic (exact) mass is 302 g/mol. The highest BCUT2D eigenvalue weighted by molar-refractivity contribution is 6.31. The lowest BCUT2D eigenvalue weighted by Crippen LogP contribution is -2.38. The Labute approximate surface area is 130 Å². The van der Waals surface area contributed by atoms with Crippen LogP contribution in [0.25, 0.3) is 0 Å². The summed E-state index contributed by atoms with van der Waals surface area (Å²) in [5, 5.41) is 0.588. The number of aromatic nitrogens is 1. The molecule has 0 bridgehead atoms. The van der Waals surface area contributed by atoms with Crippen LogP contribution in [-0.4, -0.2) is 28.3 Å². The molecule has 1 heterocycles. The van der Waals surface area contributed by atoms with Crippen LogP contribution in [0.5, 0.6) is 0 Å². The Kier molecular flexibility index (Phi) is 5.48. The molecule has 3 nitrogen and oxygen atoms in total. The lowest BCUT2D eigenvalue weighted by Gasteiger charge is -2.26. The molecule has 0 aliphatic rings. The number of carbonyl (C=O) groups excluding carboxylic acids is 1. The first-order valence-corrected chi connectivity index (χ1v) is 7.42.